The SMILES string of the molecule is CC#Cc1cc(C)c(C2C(=O)CC3(CCN(C(=O)COC(C)(C)C)CC3)CC2=O)c(C)c1. The van der Waals surface area contributed by atoms with Crippen molar-refractivity contribution in [3.05, 3.63) is 34.4 Å². The van der Waals surface area contributed by atoms with Crippen molar-refractivity contribution in [1.29, 1.82) is 0 Å². The van der Waals surface area contributed by atoms with Gasteiger partial charge in [0.05, 0.1) is 5.60 Å². The van der Waals surface area contributed by atoms with Crippen molar-refractivity contribution in [2.24, 2.45) is 5.41 Å². The lowest BCUT2D eigenvalue weighted by Crippen LogP contribution is -2.49. The van der Waals surface area contributed by atoms with Gasteiger partial charge in [-0.1, -0.05) is 5.92 Å². The van der Waals surface area contributed by atoms with Crippen molar-refractivity contribution in [3.63, 3.8) is 0 Å². The zero-order valence-corrected chi connectivity index (χ0v) is 20.3. The minimum absolute atomic E-state index is 0.0117. The maximum atomic E-state index is 13.3. The fourth-order valence-corrected chi connectivity index (χ4v) is 5.11. The van der Waals surface area contributed by atoms with E-state index in [4.69, 9.17) is 4.74 Å². The Balaban J connectivity index is 1.70. The molecule has 2 fully saturated rings. The van der Waals surface area contributed by atoms with Gasteiger partial charge in [-0.2, -0.15) is 0 Å². The number of ketones is 2. The number of hydrogen-bond donors (Lipinski definition) is 0. The molecular weight excluding hydrogens is 402 g/mol. The first-order chi connectivity index (χ1) is 14.9. The van der Waals surface area contributed by atoms with Gasteiger partial charge in [0, 0.05) is 31.5 Å². The van der Waals surface area contributed by atoms with Crippen LogP contribution in [0.2, 0.25) is 0 Å². The predicted octanol–water partition coefficient (Wildman–Crippen LogP) is 4.11. The van der Waals surface area contributed by atoms with Crippen LogP contribution in [0.3, 0.4) is 0 Å². The lowest BCUT2D eigenvalue weighted by molar-refractivity contribution is -0.145. The van der Waals surface area contributed by atoms with Crippen LogP contribution < -0.4 is 0 Å². The average Bonchev–Trinajstić information content (AvgIpc) is 2.68. The third kappa shape index (κ3) is 5.30. The Morgan fingerprint density at radius 3 is 2.09 bits per heavy atom. The second-order valence-corrected chi connectivity index (χ2v) is 10.4. The number of nitrogens with zero attached hydrogens (tertiary/aromatic N) is 1. The summed E-state index contributed by atoms with van der Waals surface area (Å²) < 4.78 is 5.62. The molecule has 1 saturated carbocycles. The van der Waals surface area contributed by atoms with Gasteiger partial charge in [0.25, 0.3) is 0 Å². The van der Waals surface area contributed by atoms with Crippen LogP contribution >= 0.6 is 0 Å². The minimum atomic E-state index is -0.677. The second-order valence-electron chi connectivity index (χ2n) is 10.4. The highest BCUT2D eigenvalue weighted by Gasteiger charge is 2.47. The van der Waals surface area contributed by atoms with Crippen LogP contribution in [0.1, 0.15) is 81.5 Å². The lowest BCUT2D eigenvalue weighted by atomic mass is 9.62. The summed E-state index contributed by atoms with van der Waals surface area (Å²) in [5.74, 6) is 5.28. The van der Waals surface area contributed by atoms with Crippen molar-refractivity contribution in [2.45, 2.75) is 78.7 Å². The number of aryl methyl sites for hydroxylation is 2. The van der Waals surface area contributed by atoms with E-state index in [0.717, 1.165) is 22.3 Å². The standard InChI is InChI=1S/C27H35NO4/c1-7-8-20-13-18(2)24(19(3)14-20)25-21(29)15-27(16-22(25)30)9-11-28(12-10-27)23(31)17-32-26(4,5)6/h13-14,25H,9-12,15-17H2,1-6H3. The number of hydrogen-bond acceptors (Lipinski definition) is 4. The van der Waals surface area contributed by atoms with Crippen LogP contribution in [0.25, 0.3) is 0 Å². The molecule has 1 heterocycles. The monoisotopic (exact) mass is 437 g/mol. The summed E-state index contributed by atoms with van der Waals surface area (Å²) in [7, 11) is 0. The number of piperidine rings is 1. The summed E-state index contributed by atoms with van der Waals surface area (Å²) in [6.45, 7) is 12.7. The smallest absolute Gasteiger partial charge is 0.248 e. The highest BCUT2D eigenvalue weighted by atomic mass is 16.5. The van der Waals surface area contributed by atoms with Crippen molar-refractivity contribution < 1.29 is 19.1 Å². The van der Waals surface area contributed by atoms with Gasteiger partial charge < -0.3 is 9.64 Å². The Morgan fingerprint density at radius 2 is 1.62 bits per heavy atom. The Labute approximate surface area is 191 Å². The molecule has 0 radical (unpaired) electrons. The molecule has 2 aliphatic rings. The number of Topliss-reactive ketones (excluding diaryl/α,β-unsaturated/α-hetero) is 2. The predicted molar refractivity (Wildman–Crippen MR) is 124 cm³/mol. The fraction of sp³-hybridized carbons (Fsp3) is 0.593. The Kier molecular flexibility index (Phi) is 6.95. The van der Waals surface area contributed by atoms with E-state index in [2.05, 4.69) is 11.8 Å². The molecule has 1 aromatic rings. The largest absolute Gasteiger partial charge is 0.366 e. The van der Waals surface area contributed by atoms with E-state index in [1.54, 1.807) is 11.8 Å². The van der Waals surface area contributed by atoms with Crippen molar-refractivity contribution in [3.8, 4) is 11.8 Å². The van der Waals surface area contributed by atoms with Crippen LogP contribution in [-0.2, 0) is 19.1 Å². The summed E-state index contributed by atoms with van der Waals surface area (Å²) in [5, 5.41) is 0. The van der Waals surface area contributed by atoms with Gasteiger partial charge in [-0.25, -0.2) is 0 Å². The molecular formula is C27H35NO4. The molecule has 0 aromatic heterocycles. The number of benzene rings is 1. The quantitative estimate of drug-likeness (QED) is 0.527. The van der Waals surface area contributed by atoms with Gasteiger partial charge in [0.15, 0.2) is 0 Å². The second kappa shape index (κ2) is 9.19. The van der Waals surface area contributed by atoms with E-state index in [9.17, 15) is 14.4 Å². The fourth-order valence-electron chi connectivity index (χ4n) is 5.11. The zero-order valence-electron chi connectivity index (χ0n) is 20.3. The maximum Gasteiger partial charge on any atom is 0.248 e. The zero-order chi connectivity index (χ0) is 23.7. The summed E-state index contributed by atoms with van der Waals surface area (Å²) in [6.07, 6.45) is 2.17. The Morgan fingerprint density at radius 1 is 1.09 bits per heavy atom. The number of carbonyl (C=O) groups is 3. The van der Waals surface area contributed by atoms with Crippen LogP contribution in [0, 0.1) is 31.1 Å². The highest BCUT2D eigenvalue weighted by Crippen LogP contribution is 2.46. The molecule has 1 aromatic carbocycles. The molecule has 0 unspecified atom stereocenters. The first-order valence-corrected chi connectivity index (χ1v) is 11.5. The van der Waals surface area contributed by atoms with E-state index >= 15 is 0 Å². The van der Waals surface area contributed by atoms with Gasteiger partial charge in [-0.05, 0) is 88.6 Å². The van der Waals surface area contributed by atoms with Crippen LogP contribution in [0.5, 0.6) is 0 Å². The van der Waals surface area contributed by atoms with Crippen molar-refractivity contribution in [2.75, 3.05) is 19.7 Å². The molecule has 1 amide bonds. The third-order valence-corrected chi connectivity index (χ3v) is 6.70. The maximum absolute atomic E-state index is 13.3. The third-order valence-electron chi connectivity index (χ3n) is 6.70. The van der Waals surface area contributed by atoms with Crippen LogP contribution in [0.15, 0.2) is 12.1 Å². The lowest BCUT2D eigenvalue weighted by Gasteiger charge is -2.45. The molecule has 32 heavy (non-hydrogen) atoms. The number of carbonyl (C=O) groups excluding carboxylic acids is 3. The summed E-state index contributed by atoms with van der Waals surface area (Å²) >= 11 is 0. The van der Waals surface area contributed by atoms with E-state index in [0.29, 0.717) is 38.8 Å². The molecule has 0 bridgehead atoms. The summed E-state index contributed by atoms with van der Waals surface area (Å²) in [4.78, 5) is 40.8. The Bertz CT molecular complexity index is 938. The van der Waals surface area contributed by atoms with Gasteiger partial charge in [0.2, 0.25) is 5.91 Å². The van der Waals surface area contributed by atoms with Gasteiger partial charge in [-0.3, -0.25) is 14.4 Å². The van der Waals surface area contributed by atoms with Gasteiger partial charge in [0.1, 0.15) is 24.1 Å². The number of amides is 1. The molecule has 1 aliphatic heterocycles. The normalized spacial score (nSPS) is 19.1. The van der Waals surface area contributed by atoms with Gasteiger partial charge >= 0.3 is 0 Å². The molecule has 5 nitrogen and oxygen atoms in total. The molecule has 172 valence electrons. The van der Waals surface area contributed by atoms with Crippen molar-refractivity contribution in [1.82, 2.24) is 4.90 Å². The molecule has 3 rings (SSSR count). The molecule has 1 spiro atoms. The van der Waals surface area contributed by atoms with E-state index in [-0.39, 0.29) is 35.1 Å². The van der Waals surface area contributed by atoms with E-state index in [1.807, 2.05) is 46.8 Å². The summed E-state index contributed by atoms with van der Waals surface area (Å²) in [6, 6.07) is 3.93. The van der Waals surface area contributed by atoms with E-state index < -0.39 is 5.92 Å². The molecule has 0 atom stereocenters. The molecule has 5 heteroatoms. The molecule has 0 N–H and O–H groups in total. The van der Waals surface area contributed by atoms with Gasteiger partial charge in [-0.15, -0.1) is 5.92 Å². The number of rotatable bonds is 3. The first kappa shape index (κ1) is 24.2. The summed E-state index contributed by atoms with van der Waals surface area (Å²) in [5.41, 5.74) is 2.98. The average molecular weight is 438 g/mol. The number of ether oxygens (including phenoxy) is 1. The topological polar surface area (TPSA) is 63.7 Å². The Hall–Kier alpha value is -2.45. The number of likely N-dealkylation sites (tertiary alicyclic amines) is 1. The minimum Gasteiger partial charge on any atom is -0.366 e. The molecule has 1 saturated heterocycles. The van der Waals surface area contributed by atoms with Crippen LogP contribution in [-0.4, -0.2) is 47.7 Å². The van der Waals surface area contributed by atoms with E-state index in [1.165, 1.54) is 0 Å². The molecule has 1 aliphatic carbocycles. The highest BCUT2D eigenvalue weighted by molar-refractivity contribution is 6.10. The van der Waals surface area contributed by atoms with Crippen LogP contribution in [0.4, 0.5) is 0 Å². The first-order valence-electron chi connectivity index (χ1n) is 11.5. The van der Waals surface area contributed by atoms with Crippen molar-refractivity contribution >= 4 is 17.5 Å².